The average molecular weight is 349 g/mol. The van der Waals surface area contributed by atoms with Crippen LogP contribution in [0.5, 0.6) is 0 Å². The van der Waals surface area contributed by atoms with Crippen LogP contribution in [0.15, 0.2) is 0 Å². The van der Waals surface area contributed by atoms with Gasteiger partial charge in [-0.2, -0.15) is 0 Å². The number of nitrogens with zero attached hydrogens (tertiary/aromatic N) is 1. The van der Waals surface area contributed by atoms with Gasteiger partial charge in [0.15, 0.2) is 0 Å². The third kappa shape index (κ3) is 8.55. The summed E-state index contributed by atoms with van der Waals surface area (Å²) in [5, 5.41) is 3.24. The predicted octanol–water partition coefficient (Wildman–Crippen LogP) is 2.19. The fraction of sp³-hybridized carbons (Fsp3) is 0.938. The minimum atomic E-state index is -2.94. The lowest BCUT2D eigenvalue weighted by atomic mass is 9.97. The number of likely N-dealkylation sites (tertiary alicyclic amines) is 1. The molecular formula is C16H32N2O4S. The molecule has 0 bridgehead atoms. The number of hydrogen-bond donors (Lipinski definition) is 1. The molecule has 0 radical (unpaired) electrons. The van der Waals surface area contributed by atoms with E-state index in [-0.39, 0.29) is 23.9 Å². The molecule has 136 valence electrons. The van der Waals surface area contributed by atoms with Crippen LogP contribution in [0.4, 0.5) is 4.79 Å². The molecule has 7 heteroatoms. The lowest BCUT2D eigenvalue weighted by Crippen LogP contribution is -2.48. The van der Waals surface area contributed by atoms with Crippen molar-refractivity contribution in [2.24, 2.45) is 0 Å². The third-order valence-corrected chi connectivity index (χ3v) is 4.79. The van der Waals surface area contributed by atoms with Crippen LogP contribution in [0, 0.1) is 0 Å². The van der Waals surface area contributed by atoms with Crippen LogP contribution in [0.2, 0.25) is 0 Å². The molecule has 1 heterocycles. The number of amides is 1. The van der Waals surface area contributed by atoms with Gasteiger partial charge in [0.05, 0.1) is 5.75 Å². The molecule has 1 saturated heterocycles. The maximum absolute atomic E-state index is 12.4. The van der Waals surface area contributed by atoms with Crippen molar-refractivity contribution in [3.05, 3.63) is 0 Å². The minimum Gasteiger partial charge on any atom is -0.444 e. The molecule has 23 heavy (non-hydrogen) atoms. The number of sulfone groups is 1. The first-order valence-corrected chi connectivity index (χ1v) is 10.4. The van der Waals surface area contributed by atoms with Crippen LogP contribution in [0.1, 0.15) is 53.4 Å². The first kappa shape index (κ1) is 20.2. The maximum Gasteiger partial charge on any atom is 0.410 e. The molecule has 1 rings (SSSR count). The van der Waals surface area contributed by atoms with Crippen LogP contribution >= 0.6 is 0 Å². The largest absolute Gasteiger partial charge is 0.444 e. The van der Waals surface area contributed by atoms with Gasteiger partial charge in [0.1, 0.15) is 15.4 Å². The summed E-state index contributed by atoms with van der Waals surface area (Å²) in [7, 11) is -2.94. The number of rotatable bonds is 6. The van der Waals surface area contributed by atoms with Gasteiger partial charge in [0.2, 0.25) is 0 Å². The first-order valence-electron chi connectivity index (χ1n) is 8.38. The maximum atomic E-state index is 12.4. The summed E-state index contributed by atoms with van der Waals surface area (Å²) in [6.45, 7) is 8.83. The van der Waals surface area contributed by atoms with E-state index >= 15 is 0 Å². The van der Waals surface area contributed by atoms with Crippen molar-refractivity contribution in [2.45, 2.75) is 71.1 Å². The number of nitrogens with one attached hydrogen (secondary N) is 1. The topological polar surface area (TPSA) is 75.7 Å². The highest BCUT2D eigenvalue weighted by molar-refractivity contribution is 7.90. The quantitative estimate of drug-likeness (QED) is 0.796. The molecule has 2 unspecified atom stereocenters. The molecule has 0 aromatic heterocycles. The molecule has 1 aliphatic rings. The summed E-state index contributed by atoms with van der Waals surface area (Å²) in [5.74, 6) is 0.137. The standard InChI is InChI=1S/C16H32N2O4S/c1-13(17-9-11-23(5,20)21)12-14-8-6-7-10-18(14)15(19)22-16(2,3)4/h13-14,17H,6-12H2,1-5H3. The molecule has 2 atom stereocenters. The number of carbonyl (C=O) groups excluding carboxylic acids is 1. The van der Waals surface area contributed by atoms with Gasteiger partial charge < -0.3 is 15.0 Å². The van der Waals surface area contributed by atoms with Crippen molar-refractivity contribution in [1.82, 2.24) is 10.2 Å². The van der Waals surface area contributed by atoms with Crippen molar-refractivity contribution in [3.8, 4) is 0 Å². The molecule has 1 N–H and O–H groups in total. The Bertz CT molecular complexity index is 485. The number of hydrogen-bond acceptors (Lipinski definition) is 5. The highest BCUT2D eigenvalue weighted by Crippen LogP contribution is 2.23. The van der Waals surface area contributed by atoms with Crippen LogP contribution in [-0.2, 0) is 14.6 Å². The molecule has 0 saturated carbocycles. The fourth-order valence-electron chi connectivity index (χ4n) is 2.79. The second kappa shape index (κ2) is 8.33. The smallest absolute Gasteiger partial charge is 0.410 e. The Morgan fingerprint density at radius 2 is 2.00 bits per heavy atom. The van der Waals surface area contributed by atoms with Crippen LogP contribution < -0.4 is 5.32 Å². The number of piperidine rings is 1. The van der Waals surface area contributed by atoms with Crippen LogP contribution in [-0.4, -0.2) is 62.2 Å². The molecule has 0 aliphatic carbocycles. The van der Waals surface area contributed by atoms with E-state index in [1.54, 1.807) is 0 Å². The Morgan fingerprint density at radius 1 is 1.35 bits per heavy atom. The predicted molar refractivity (Wildman–Crippen MR) is 92.4 cm³/mol. The van der Waals surface area contributed by atoms with Crippen LogP contribution in [0.25, 0.3) is 0 Å². The second-order valence-electron chi connectivity index (χ2n) is 7.54. The van der Waals surface area contributed by atoms with E-state index in [2.05, 4.69) is 5.32 Å². The zero-order valence-electron chi connectivity index (χ0n) is 15.1. The third-order valence-electron chi connectivity index (χ3n) is 3.85. The van der Waals surface area contributed by atoms with E-state index in [1.807, 2.05) is 32.6 Å². The van der Waals surface area contributed by atoms with Crippen molar-refractivity contribution in [2.75, 3.05) is 25.1 Å². The fourth-order valence-corrected chi connectivity index (χ4v) is 3.28. The SMILES string of the molecule is CC(CC1CCCCN1C(=O)OC(C)(C)C)NCCS(C)(=O)=O. The minimum absolute atomic E-state index is 0.137. The Morgan fingerprint density at radius 3 is 2.57 bits per heavy atom. The normalized spacial score (nSPS) is 21.1. The van der Waals surface area contributed by atoms with E-state index in [4.69, 9.17) is 4.74 Å². The molecule has 1 amide bonds. The van der Waals surface area contributed by atoms with Crippen molar-refractivity contribution in [1.29, 1.82) is 0 Å². The molecule has 0 aromatic carbocycles. The molecule has 0 spiro atoms. The van der Waals surface area contributed by atoms with Gasteiger partial charge in [0, 0.05) is 31.4 Å². The van der Waals surface area contributed by atoms with Crippen molar-refractivity contribution < 1.29 is 17.9 Å². The van der Waals surface area contributed by atoms with E-state index in [9.17, 15) is 13.2 Å². The highest BCUT2D eigenvalue weighted by atomic mass is 32.2. The Kier molecular flexibility index (Phi) is 7.32. The Hall–Kier alpha value is -0.820. The lowest BCUT2D eigenvalue weighted by Gasteiger charge is -2.38. The van der Waals surface area contributed by atoms with Crippen LogP contribution in [0.3, 0.4) is 0 Å². The summed E-state index contributed by atoms with van der Waals surface area (Å²) in [6, 6.07) is 0.309. The van der Waals surface area contributed by atoms with Gasteiger partial charge in [-0.25, -0.2) is 13.2 Å². The molecular weight excluding hydrogens is 316 g/mol. The highest BCUT2D eigenvalue weighted by Gasteiger charge is 2.31. The summed E-state index contributed by atoms with van der Waals surface area (Å²) < 4.78 is 27.8. The zero-order chi connectivity index (χ0) is 17.7. The Balaban J connectivity index is 2.52. The van der Waals surface area contributed by atoms with Gasteiger partial charge in [-0.05, 0) is 53.4 Å². The first-order chi connectivity index (χ1) is 10.5. The molecule has 1 aliphatic heterocycles. The van der Waals surface area contributed by atoms with Gasteiger partial charge in [-0.1, -0.05) is 0 Å². The summed E-state index contributed by atoms with van der Waals surface area (Å²) in [6.07, 6.45) is 4.89. The van der Waals surface area contributed by atoms with Gasteiger partial charge in [-0.3, -0.25) is 0 Å². The van der Waals surface area contributed by atoms with E-state index in [0.29, 0.717) is 6.54 Å². The summed E-state index contributed by atoms with van der Waals surface area (Å²) in [4.78, 5) is 14.2. The van der Waals surface area contributed by atoms with Gasteiger partial charge in [0.25, 0.3) is 0 Å². The van der Waals surface area contributed by atoms with Gasteiger partial charge in [-0.15, -0.1) is 0 Å². The molecule has 1 fully saturated rings. The second-order valence-corrected chi connectivity index (χ2v) is 9.80. The zero-order valence-corrected chi connectivity index (χ0v) is 15.9. The number of ether oxygens (including phenoxy) is 1. The van der Waals surface area contributed by atoms with Gasteiger partial charge >= 0.3 is 6.09 Å². The Labute approximate surface area is 140 Å². The monoisotopic (exact) mass is 348 g/mol. The average Bonchev–Trinajstić information content (AvgIpc) is 2.35. The lowest BCUT2D eigenvalue weighted by molar-refractivity contribution is 0.00794. The van der Waals surface area contributed by atoms with E-state index < -0.39 is 15.4 Å². The molecule has 6 nitrogen and oxygen atoms in total. The molecule has 0 aromatic rings. The van der Waals surface area contributed by atoms with E-state index in [0.717, 1.165) is 32.2 Å². The van der Waals surface area contributed by atoms with E-state index in [1.165, 1.54) is 6.26 Å². The van der Waals surface area contributed by atoms with Crippen molar-refractivity contribution in [3.63, 3.8) is 0 Å². The summed E-state index contributed by atoms with van der Waals surface area (Å²) in [5.41, 5.74) is -0.488. The summed E-state index contributed by atoms with van der Waals surface area (Å²) >= 11 is 0. The van der Waals surface area contributed by atoms with Crippen molar-refractivity contribution >= 4 is 15.9 Å². The number of carbonyl (C=O) groups is 1.